The maximum atomic E-state index is 10.1. The van der Waals surface area contributed by atoms with Crippen LogP contribution in [0.1, 0.15) is 111 Å². The van der Waals surface area contributed by atoms with Gasteiger partial charge in [-0.05, 0) is 97.5 Å². The predicted octanol–water partition coefficient (Wildman–Crippen LogP) is 15.2. The second-order valence-electron chi connectivity index (χ2n) is 20.2. The van der Waals surface area contributed by atoms with Gasteiger partial charge >= 0.3 is 0 Å². The van der Waals surface area contributed by atoms with Gasteiger partial charge in [0.05, 0.1) is 51.6 Å². The molecule has 0 aliphatic rings. The minimum Gasteiger partial charge on any atom is -0.319 e. The van der Waals surface area contributed by atoms with Crippen molar-refractivity contribution in [2.45, 2.75) is 105 Å². The van der Waals surface area contributed by atoms with E-state index in [9.17, 15) is 11.8 Å². The van der Waals surface area contributed by atoms with Gasteiger partial charge in [-0.15, -0.1) is 0 Å². The molecule has 290 valence electrons. The van der Waals surface area contributed by atoms with Crippen LogP contribution in [0.25, 0.3) is 71.0 Å². The second-order valence-corrected chi connectivity index (χ2v) is 20.2. The molecule has 0 radical (unpaired) electrons. The van der Waals surface area contributed by atoms with Gasteiger partial charge in [-0.3, -0.25) is 0 Å². The number of nitriles is 1. The van der Waals surface area contributed by atoms with Gasteiger partial charge in [-0.1, -0.05) is 150 Å². The maximum absolute atomic E-state index is 10.1. The molecule has 0 fully saturated rings. The highest BCUT2D eigenvalue weighted by molar-refractivity contribution is 6.13. The first kappa shape index (κ1) is 38.8. The van der Waals surface area contributed by atoms with Gasteiger partial charge in [0, 0.05) is 21.5 Å². The Bertz CT molecular complexity index is 2910. The lowest BCUT2D eigenvalue weighted by atomic mass is 9.86. The Morgan fingerprint density at radius 3 is 1.24 bits per heavy atom. The highest BCUT2D eigenvalue weighted by Crippen LogP contribution is 2.47. The van der Waals surface area contributed by atoms with Gasteiger partial charge in [0.15, 0.2) is 0 Å². The van der Waals surface area contributed by atoms with Crippen LogP contribution in [-0.4, -0.2) is 9.13 Å². The van der Waals surface area contributed by atoms with E-state index in [1.54, 1.807) is 0 Å². The van der Waals surface area contributed by atoms with E-state index in [1.165, 1.54) is 22.3 Å². The molecule has 2 heterocycles. The van der Waals surface area contributed by atoms with Crippen LogP contribution in [0.15, 0.2) is 109 Å². The van der Waals surface area contributed by atoms with Crippen LogP contribution in [0.2, 0.25) is 0 Å². The molecule has 4 heteroatoms. The Balaban J connectivity index is 1.61. The lowest BCUT2D eigenvalue weighted by molar-refractivity contribution is 0.590. The van der Waals surface area contributed by atoms with Gasteiger partial charge in [0.2, 0.25) is 5.69 Å². The van der Waals surface area contributed by atoms with E-state index in [-0.39, 0.29) is 21.7 Å². The summed E-state index contributed by atoms with van der Waals surface area (Å²) in [5, 5.41) is 14.7. The summed E-state index contributed by atoms with van der Waals surface area (Å²) in [6, 6.07) is 41.9. The SMILES string of the molecule is [C-]#[N+]c1c(-n2c3cc(C(C)(C)C)ccc3c3ccc(C(C)(C)C)cc32)ccc(-c2cccc(C#N)c2)c1-n1c2cc(C(C)(C)C)ccc2c2ccc(C(C)(C)C)cc21. The Kier molecular flexibility index (Phi) is 8.84. The van der Waals surface area contributed by atoms with E-state index in [0.717, 1.165) is 66.1 Å². The van der Waals surface area contributed by atoms with Crippen LogP contribution in [0.4, 0.5) is 5.69 Å². The number of hydrogen-bond donors (Lipinski definition) is 0. The van der Waals surface area contributed by atoms with Gasteiger partial charge in [-0.2, -0.15) is 5.26 Å². The van der Waals surface area contributed by atoms with Crippen molar-refractivity contribution in [3.05, 3.63) is 148 Å². The molecule has 2 aromatic heterocycles. The topological polar surface area (TPSA) is 38.0 Å². The first-order valence-electron chi connectivity index (χ1n) is 20.4. The molecular formula is C54H54N4. The van der Waals surface area contributed by atoms with Crippen LogP contribution in [-0.2, 0) is 21.7 Å². The fraction of sp³-hybridized carbons (Fsp3) is 0.296. The maximum Gasteiger partial charge on any atom is 0.234 e. The summed E-state index contributed by atoms with van der Waals surface area (Å²) < 4.78 is 4.70. The van der Waals surface area contributed by atoms with Crippen molar-refractivity contribution >= 4 is 49.3 Å². The first-order valence-corrected chi connectivity index (χ1v) is 20.4. The van der Waals surface area contributed by atoms with E-state index in [0.29, 0.717) is 11.3 Å². The van der Waals surface area contributed by atoms with E-state index < -0.39 is 0 Å². The lowest BCUT2D eigenvalue weighted by Gasteiger charge is -2.23. The molecule has 4 nitrogen and oxygen atoms in total. The standard InChI is InChI=1S/C54H54N4/c1-51(2,3)35-17-21-40-41-22-18-36(52(4,5)6)29-46(41)57(45(40)28-35)44-26-25-39(34-16-14-15-33(27-34)32-55)50(49(44)56-13)58-47-30-37(53(7,8)9)19-23-42(47)43-24-20-38(31-48(43)58)54(10,11)12/h14-31H,1-12H3. The number of rotatable bonds is 3. The van der Waals surface area contributed by atoms with Crippen molar-refractivity contribution in [1.29, 1.82) is 5.26 Å². The summed E-state index contributed by atoms with van der Waals surface area (Å²) in [5.74, 6) is 0. The molecule has 0 unspecified atom stereocenters. The molecule has 8 rings (SSSR count). The summed E-state index contributed by atoms with van der Waals surface area (Å²) in [6.45, 7) is 36.3. The molecule has 0 aliphatic heterocycles. The zero-order valence-corrected chi connectivity index (χ0v) is 36.2. The average molecular weight is 759 g/mol. The number of hydrogen-bond acceptors (Lipinski definition) is 1. The zero-order chi connectivity index (χ0) is 41.7. The third-order valence-corrected chi connectivity index (χ3v) is 12.0. The molecule has 0 N–H and O–H groups in total. The van der Waals surface area contributed by atoms with Crippen LogP contribution >= 0.6 is 0 Å². The van der Waals surface area contributed by atoms with Crippen molar-refractivity contribution in [3.63, 3.8) is 0 Å². The van der Waals surface area contributed by atoms with Gasteiger partial charge in [-0.25, -0.2) is 4.85 Å². The minimum absolute atomic E-state index is 0.0755. The highest BCUT2D eigenvalue weighted by atomic mass is 15.1. The van der Waals surface area contributed by atoms with E-state index in [2.05, 4.69) is 194 Å². The van der Waals surface area contributed by atoms with E-state index >= 15 is 0 Å². The lowest BCUT2D eigenvalue weighted by Crippen LogP contribution is -2.12. The Morgan fingerprint density at radius 2 is 0.879 bits per heavy atom. The zero-order valence-electron chi connectivity index (χ0n) is 36.2. The fourth-order valence-electron chi connectivity index (χ4n) is 8.48. The number of fused-ring (bicyclic) bond motifs is 6. The van der Waals surface area contributed by atoms with Crippen molar-refractivity contribution in [3.8, 4) is 28.6 Å². The van der Waals surface area contributed by atoms with Crippen molar-refractivity contribution in [1.82, 2.24) is 9.13 Å². The molecule has 0 aliphatic carbocycles. The number of aromatic nitrogens is 2. The van der Waals surface area contributed by atoms with Crippen molar-refractivity contribution < 1.29 is 0 Å². The van der Waals surface area contributed by atoms with E-state index in [1.807, 2.05) is 18.2 Å². The summed E-state index contributed by atoms with van der Waals surface area (Å²) in [7, 11) is 0. The smallest absolute Gasteiger partial charge is 0.234 e. The third-order valence-electron chi connectivity index (χ3n) is 12.0. The van der Waals surface area contributed by atoms with Gasteiger partial charge in [0.25, 0.3) is 0 Å². The summed E-state index contributed by atoms with van der Waals surface area (Å²) in [4.78, 5) is 4.57. The molecule has 0 spiro atoms. The summed E-state index contributed by atoms with van der Waals surface area (Å²) >= 11 is 0. The quantitative estimate of drug-likeness (QED) is 0.165. The van der Waals surface area contributed by atoms with Crippen LogP contribution in [0.5, 0.6) is 0 Å². The van der Waals surface area contributed by atoms with Gasteiger partial charge < -0.3 is 9.13 Å². The first-order chi connectivity index (χ1) is 27.2. The fourth-order valence-corrected chi connectivity index (χ4v) is 8.48. The second kappa shape index (κ2) is 13.2. The Labute approximate surface area is 344 Å². The summed E-state index contributed by atoms with van der Waals surface area (Å²) in [5.41, 5.74) is 13.4. The van der Waals surface area contributed by atoms with Gasteiger partial charge in [0.1, 0.15) is 0 Å². The Hall–Kier alpha value is -6.10. The third kappa shape index (κ3) is 6.37. The number of nitrogens with zero attached hydrogens (tertiary/aromatic N) is 4. The molecule has 0 bridgehead atoms. The Morgan fingerprint density at radius 1 is 0.483 bits per heavy atom. The van der Waals surface area contributed by atoms with Crippen molar-refractivity contribution in [2.24, 2.45) is 0 Å². The predicted molar refractivity (Wildman–Crippen MR) is 246 cm³/mol. The molecule has 0 atom stereocenters. The average Bonchev–Trinajstić information content (AvgIpc) is 3.67. The van der Waals surface area contributed by atoms with Crippen LogP contribution < -0.4 is 0 Å². The number of benzene rings is 6. The molecule has 6 aromatic carbocycles. The summed E-state index contributed by atoms with van der Waals surface area (Å²) in [6.07, 6.45) is 0. The normalized spacial score (nSPS) is 12.8. The molecule has 0 saturated carbocycles. The molecular weight excluding hydrogens is 705 g/mol. The molecule has 58 heavy (non-hydrogen) atoms. The van der Waals surface area contributed by atoms with Crippen molar-refractivity contribution in [2.75, 3.05) is 0 Å². The largest absolute Gasteiger partial charge is 0.319 e. The van der Waals surface area contributed by atoms with E-state index in [4.69, 9.17) is 0 Å². The molecule has 0 amide bonds. The molecule has 0 saturated heterocycles. The monoisotopic (exact) mass is 758 g/mol. The van der Waals surface area contributed by atoms with Crippen LogP contribution in [0, 0.1) is 17.9 Å². The highest BCUT2D eigenvalue weighted by Gasteiger charge is 2.28. The van der Waals surface area contributed by atoms with Crippen LogP contribution in [0.3, 0.4) is 0 Å². The minimum atomic E-state index is -0.0982. The molecule has 8 aromatic rings.